The van der Waals surface area contributed by atoms with Crippen molar-refractivity contribution in [2.75, 3.05) is 18.8 Å². The Bertz CT molecular complexity index is 519. The molecule has 1 fully saturated rings. The molecule has 0 aromatic heterocycles. The zero-order chi connectivity index (χ0) is 14.0. The van der Waals surface area contributed by atoms with Crippen LogP contribution < -0.4 is 11.1 Å². The Morgan fingerprint density at radius 2 is 2.32 bits per heavy atom. The maximum absolute atomic E-state index is 12.5. The van der Waals surface area contributed by atoms with Gasteiger partial charge in [-0.1, -0.05) is 6.92 Å². The first-order valence-corrected chi connectivity index (χ1v) is 6.97. The summed E-state index contributed by atoms with van der Waals surface area (Å²) in [5.74, 6) is -0.243. The predicted molar refractivity (Wildman–Crippen MR) is 76.7 cm³/mol. The molecule has 2 amide bonds. The lowest BCUT2D eigenvalue weighted by molar-refractivity contribution is -0.127. The van der Waals surface area contributed by atoms with Crippen molar-refractivity contribution in [1.29, 1.82) is 0 Å². The summed E-state index contributed by atoms with van der Waals surface area (Å²) in [6, 6.07) is 4.69. The number of nitrogen functional groups attached to an aromatic ring is 1. The van der Waals surface area contributed by atoms with Crippen molar-refractivity contribution < 1.29 is 9.59 Å². The number of halogens is 1. The van der Waals surface area contributed by atoms with Crippen LogP contribution in [0.1, 0.15) is 23.7 Å². The fourth-order valence-corrected chi connectivity index (χ4v) is 2.45. The van der Waals surface area contributed by atoms with Crippen LogP contribution in [0, 0.1) is 0 Å². The Labute approximate surface area is 120 Å². The highest BCUT2D eigenvalue weighted by Crippen LogP contribution is 2.22. The number of rotatable bonds is 2. The van der Waals surface area contributed by atoms with Gasteiger partial charge in [-0.3, -0.25) is 9.59 Å². The molecule has 1 aromatic carbocycles. The lowest BCUT2D eigenvalue weighted by atomic mass is 10.1. The van der Waals surface area contributed by atoms with E-state index in [1.807, 2.05) is 6.92 Å². The Balaban J connectivity index is 2.26. The molecule has 1 heterocycles. The Morgan fingerprint density at radius 3 is 2.95 bits per heavy atom. The zero-order valence-corrected chi connectivity index (χ0v) is 12.2. The largest absolute Gasteiger partial charge is 0.398 e. The summed E-state index contributed by atoms with van der Waals surface area (Å²) in [7, 11) is 0. The molecule has 0 bridgehead atoms. The summed E-state index contributed by atoms with van der Waals surface area (Å²) in [6.07, 6.45) is 0.601. The maximum Gasteiger partial charge on any atom is 0.254 e. The Kier molecular flexibility index (Phi) is 4.09. The first kappa shape index (κ1) is 13.9. The fraction of sp³-hybridized carbons (Fsp3) is 0.385. The monoisotopic (exact) mass is 325 g/mol. The number of hydrogen-bond acceptors (Lipinski definition) is 3. The number of nitrogens with one attached hydrogen (secondary N) is 1. The minimum atomic E-state index is -0.397. The van der Waals surface area contributed by atoms with E-state index in [-0.39, 0.29) is 11.8 Å². The van der Waals surface area contributed by atoms with Crippen molar-refractivity contribution >= 4 is 33.4 Å². The molecule has 0 spiro atoms. The van der Waals surface area contributed by atoms with Crippen LogP contribution in [0.25, 0.3) is 0 Å². The van der Waals surface area contributed by atoms with Crippen LogP contribution in [0.3, 0.4) is 0 Å². The highest BCUT2D eigenvalue weighted by Gasteiger charge is 2.32. The molecule has 1 saturated heterocycles. The molecule has 1 aromatic rings. The summed E-state index contributed by atoms with van der Waals surface area (Å²) in [4.78, 5) is 25.8. The minimum absolute atomic E-state index is 0.0906. The van der Waals surface area contributed by atoms with E-state index in [0.29, 0.717) is 30.8 Å². The molecular formula is C13H16BrN3O2. The van der Waals surface area contributed by atoms with Gasteiger partial charge < -0.3 is 16.0 Å². The zero-order valence-electron chi connectivity index (χ0n) is 10.6. The van der Waals surface area contributed by atoms with Crippen LogP contribution in [-0.2, 0) is 4.79 Å². The first-order valence-electron chi connectivity index (χ1n) is 6.18. The number of carbonyl (C=O) groups is 2. The van der Waals surface area contributed by atoms with Crippen molar-refractivity contribution in [3.63, 3.8) is 0 Å². The molecule has 6 heteroatoms. The predicted octanol–water partition coefficient (Wildman–Crippen LogP) is 1.38. The van der Waals surface area contributed by atoms with Crippen LogP contribution in [0.4, 0.5) is 5.69 Å². The summed E-state index contributed by atoms with van der Waals surface area (Å²) in [5.41, 5.74) is 6.81. The smallest absolute Gasteiger partial charge is 0.254 e. The molecule has 1 aliphatic rings. The van der Waals surface area contributed by atoms with E-state index in [9.17, 15) is 9.59 Å². The topological polar surface area (TPSA) is 75.4 Å². The van der Waals surface area contributed by atoms with Crippen molar-refractivity contribution in [2.45, 2.75) is 19.4 Å². The lowest BCUT2D eigenvalue weighted by Crippen LogP contribution is -2.56. The van der Waals surface area contributed by atoms with Gasteiger partial charge >= 0.3 is 0 Å². The second-order valence-corrected chi connectivity index (χ2v) is 5.30. The molecule has 5 nitrogen and oxygen atoms in total. The molecule has 0 saturated carbocycles. The van der Waals surface area contributed by atoms with E-state index >= 15 is 0 Å². The number of benzene rings is 1. The van der Waals surface area contributed by atoms with Crippen molar-refractivity contribution in [3.8, 4) is 0 Å². The highest BCUT2D eigenvalue weighted by atomic mass is 79.9. The van der Waals surface area contributed by atoms with Crippen molar-refractivity contribution in [2.24, 2.45) is 0 Å². The number of anilines is 1. The molecule has 1 atom stereocenters. The van der Waals surface area contributed by atoms with Gasteiger partial charge in [0.15, 0.2) is 0 Å². The van der Waals surface area contributed by atoms with E-state index in [1.165, 1.54) is 0 Å². The molecule has 102 valence electrons. The number of hydrogen-bond donors (Lipinski definition) is 2. The average Bonchev–Trinajstić information content (AvgIpc) is 2.40. The van der Waals surface area contributed by atoms with E-state index < -0.39 is 6.04 Å². The highest BCUT2D eigenvalue weighted by molar-refractivity contribution is 9.10. The number of amides is 2. The lowest BCUT2D eigenvalue weighted by Gasteiger charge is -2.34. The Morgan fingerprint density at radius 1 is 1.58 bits per heavy atom. The molecule has 0 radical (unpaired) electrons. The van der Waals surface area contributed by atoms with Gasteiger partial charge in [-0.15, -0.1) is 0 Å². The van der Waals surface area contributed by atoms with Gasteiger partial charge in [0.25, 0.3) is 5.91 Å². The molecule has 3 N–H and O–H groups in total. The average molecular weight is 326 g/mol. The van der Waals surface area contributed by atoms with Crippen LogP contribution in [0.5, 0.6) is 0 Å². The van der Waals surface area contributed by atoms with Gasteiger partial charge in [0.05, 0.1) is 0 Å². The van der Waals surface area contributed by atoms with Gasteiger partial charge in [0.1, 0.15) is 6.04 Å². The first-order chi connectivity index (χ1) is 9.04. The van der Waals surface area contributed by atoms with Crippen LogP contribution in [0.15, 0.2) is 22.7 Å². The third kappa shape index (κ3) is 2.73. The van der Waals surface area contributed by atoms with Crippen LogP contribution >= 0.6 is 15.9 Å². The van der Waals surface area contributed by atoms with Gasteiger partial charge in [0.2, 0.25) is 5.91 Å². The molecule has 0 aliphatic carbocycles. The van der Waals surface area contributed by atoms with E-state index in [2.05, 4.69) is 21.2 Å². The molecule has 2 rings (SSSR count). The second-order valence-electron chi connectivity index (χ2n) is 4.45. The van der Waals surface area contributed by atoms with Crippen LogP contribution in [0.2, 0.25) is 0 Å². The van der Waals surface area contributed by atoms with Gasteiger partial charge in [0, 0.05) is 28.8 Å². The standard InChI is InChI=1S/C13H16BrN3O2/c1-2-11-12(18)16-5-6-17(11)13(19)8-3-4-9(14)10(15)7-8/h3-4,7,11H,2,5-6,15H2,1H3,(H,16,18). The second kappa shape index (κ2) is 5.61. The molecular weight excluding hydrogens is 310 g/mol. The summed E-state index contributed by atoms with van der Waals surface area (Å²) >= 11 is 3.30. The van der Waals surface area contributed by atoms with Gasteiger partial charge in [-0.05, 0) is 40.5 Å². The fourth-order valence-electron chi connectivity index (χ4n) is 2.21. The number of nitrogens with two attached hydrogens (primary N) is 1. The Hall–Kier alpha value is -1.56. The SMILES string of the molecule is CCC1C(=O)NCCN1C(=O)c1ccc(Br)c(N)c1. The van der Waals surface area contributed by atoms with E-state index in [4.69, 9.17) is 5.73 Å². The van der Waals surface area contributed by atoms with Gasteiger partial charge in [-0.25, -0.2) is 0 Å². The minimum Gasteiger partial charge on any atom is -0.398 e. The normalized spacial score (nSPS) is 19.2. The van der Waals surface area contributed by atoms with Gasteiger partial charge in [-0.2, -0.15) is 0 Å². The third-order valence-electron chi connectivity index (χ3n) is 3.22. The van der Waals surface area contributed by atoms with Crippen molar-refractivity contribution in [3.05, 3.63) is 28.2 Å². The maximum atomic E-state index is 12.5. The summed E-state index contributed by atoms with van der Waals surface area (Å²) in [5, 5.41) is 2.77. The molecule has 1 aliphatic heterocycles. The third-order valence-corrected chi connectivity index (χ3v) is 3.94. The number of piperazine rings is 1. The molecule has 1 unspecified atom stereocenters. The summed E-state index contributed by atoms with van der Waals surface area (Å²) < 4.78 is 0.757. The number of nitrogens with zero attached hydrogens (tertiary/aromatic N) is 1. The quantitative estimate of drug-likeness (QED) is 0.807. The van der Waals surface area contributed by atoms with Crippen LogP contribution in [-0.4, -0.2) is 35.8 Å². The van der Waals surface area contributed by atoms with E-state index in [0.717, 1.165) is 4.47 Å². The number of carbonyl (C=O) groups excluding carboxylic acids is 2. The summed E-state index contributed by atoms with van der Waals surface area (Å²) in [6.45, 7) is 2.91. The van der Waals surface area contributed by atoms with E-state index in [1.54, 1.807) is 23.1 Å². The van der Waals surface area contributed by atoms with Crippen molar-refractivity contribution in [1.82, 2.24) is 10.2 Å². The molecule has 19 heavy (non-hydrogen) atoms.